The van der Waals surface area contributed by atoms with Crippen LogP contribution in [0.2, 0.25) is 0 Å². The van der Waals surface area contributed by atoms with Crippen LogP contribution < -0.4 is 16.0 Å². The molecule has 1 saturated heterocycles. The van der Waals surface area contributed by atoms with Crippen molar-refractivity contribution >= 4 is 17.8 Å². The number of pyridine rings is 2. The van der Waals surface area contributed by atoms with E-state index in [1.807, 2.05) is 31.3 Å². The molecule has 0 radical (unpaired) electrons. The van der Waals surface area contributed by atoms with Crippen LogP contribution in [0.4, 0.5) is 16.4 Å². The lowest BCUT2D eigenvalue weighted by Crippen LogP contribution is -2.43. The van der Waals surface area contributed by atoms with Gasteiger partial charge in [0.25, 0.3) is 0 Å². The zero-order valence-electron chi connectivity index (χ0n) is 28.9. The minimum absolute atomic E-state index is 0.150. The average Bonchev–Trinajstić information content (AvgIpc) is 3.59. The summed E-state index contributed by atoms with van der Waals surface area (Å²) in [7, 11) is 0. The van der Waals surface area contributed by atoms with Crippen LogP contribution in [0.1, 0.15) is 76.9 Å². The summed E-state index contributed by atoms with van der Waals surface area (Å²) in [6.45, 7) is 10.2. The van der Waals surface area contributed by atoms with Crippen molar-refractivity contribution in [3.05, 3.63) is 41.9 Å². The maximum Gasteiger partial charge on any atom is 0.510 e. The summed E-state index contributed by atoms with van der Waals surface area (Å²) in [6, 6.07) is 11.4. The van der Waals surface area contributed by atoms with Gasteiger partial charge in [0.15, 0.2) is 0 Å². The standard InChI is InChI=1S/C34H48N10O5/c1-5-48-33(45)49-25(4)44-42-32(41-43-44)20-47-19-24(3)38-26-9-11-27(12-10-26)39-31-17-28(23(2)18-36-31)29-7-6-8-30(40-29)37-22-34(21-35)13-15-46-16-14-34/h6-8,17-18,24-27,38H,5,9-16,19-20,22H2,1-4H3,(H,36,39)(H,37,40)/t24-,25+,26-,27-/m1/s1. The van der Waals surface area contributed by atoms with Crippen molar-refractivity contribution in [1.29, 1.82) is 5.26 Å². The Kier molecular flexibility index (Phi) is 12.7. The van der Waals surface area contributed by atoms with E-state index in [1.54, 1.807) is 13.8 Å². The second-order valence-corrected chi connectivity index (χ2v) is 12.9. The van der Waals surface area contributed by atoms with Crippen LogP contribution in [-0.2, 0) is 25.6 Å². The Labute approximate surface area is 287 Å². The normalized spacial score (nSPS) is 20.1. The number of rotatable bonds is 15. The third-order valence-corrected chi connectivity index (χ3v) is 8.95. The van der Waals surface area contributed by atoms with E-state index >= 15 is 0 Å². The number of ether oxygens (including phenoxy) is 4. The van der Waals surface area contributed by atoms with Crippen molar-refractivity contribution < 1.29 is 23.7 Å². The van der Waals surface area contributed by atoms with Gasteiger partial charge in [0.1, 0.15) is 18.2 Å². The molecular weight excluding hydrogens is 628 g/mol. The Morgan fingerprint density at radius 2 is 1.94 bits per heavy atom. The number of nitrogens with zero attached hydrogens (tertiary/aromatic N) is 7. The maximum atomic E-state index is 11.5. The van der Waals surface area contributed by atoms with Gasteiger partial charge >= 0.3 is 6.16 Å². The molecule has 49 heavy (non-hydrogen) atoms. The number of carbonyl (C=O) groups is 1. The fourth-order valence-corrected chi connectivity index (χ4v) is 6.11. The first-order valence-corrected chi connectivity index (χ1v) is 17.1. The number of nitriles is 1. The molecule has 2 aliphatic rings. The van der Waals surface area contributed by atoms with Crippen LogP contribution in [0.25, 0.3) is 11.3 Å². The lowest BCUT2D eigenvalue weighted by molar-refractivity contribution is -0.00552. The highest BCUT2D eigenvalue weighted by molar-refractivity contribution is 5.68. The van der Waals surface area contributed by atoms with Gasteiger partial charge in [0.2, 0.25) is 12.1 Å². The molecule has 264 valence electrons. The number of hydrogen-bond acceptors (Lipinski definition) is 14. The van der Waals surface area contributed by atoms with E-state index in [0.717, 1.165) is 67.0 Å². The van der Waals surface area contributed by atoms with Gasteiger partial charge in [-0.25, -0.2) is 14.8 Å². The highest BCUT2D eigenvalue weighted by Gasteiger charge is 2.32. The van der Waals surface area contributed by atoms with Crippen molar-refractivity contribution in [2.24, 2.45) is 5.41 Å². The Morgan fingerprint density at radius 1 is 1.16 bits per heavy atom. The summed E-state index contributed by atoms with van der Waals surface area (Å²) < 4.78 is 21.2. The van der Waals surface area contributed by atoms with Crippen molar-refractivity contribution in [1.82, 2.24) is 35.5 Å². The van der Waals surface area contributed by atoms with Gasteiger partial charge in [-0.2, -0.15) is 5.26 Å². The monoisotopic (exact) mass is 676 g/mol. The van der Waals surface area contributed by atoms with Gasteiger partial charge in [-0.3, -0.25) is 0 Å². The molecule has 0 amide bonds. The first-order valence-electron chi connectivity index (χ1n) is 17.1. The second kappa shape index (κ2) is 17.3. The van der Waals surface area contributed by atoms with Crippen LogP contribution in [-0.4, -0.2) is 87.4 Å². The van der Waals surface area contributed by atoms with E-state index in [9.17, 15) is 10.1 Å². The number of aryl methyl sites for hydroxylation is 1. The minimum Gasteiger partial charge on any atom is -0.435 e. The summed E-state index contributed by atoms with van der Waals surface area (Å²) >= 11 is 0. The molecule has 4 heterocycles. The topological polar surface area (TPSA) is 183 Å². The molecule has 15 heteroatoms. The minimum atomic E-state index is -0.780. The Balaban J connectivity index is 1.04. The molecule has 1 aliphatic heterocycles. The summed E-state index contributed by atoms with van der Waals surface area (Å²) in [5.41, 5.74) is 2.53. The van der Waals surface area contributed by atoms with E-state index in [2.05, 4.69) is 55.4 Å². The van der Waals surface area contributed by atoms with Gasteiger partial charge in [0.05, 0.1) is 30.4 Å². The lowest BCUT2D eigenvalue weighted by Gasteiger charge is -2.32. The van der Waals surface area contributed by atoms with Crippen molar-refractivity contribution in [3.8, 4) is 17.3 Å². The molecule has 3 aromatic heterocycles. The Hall–Kier alpha value is -4.39. The van der Waals surface area contributed by atoms with Gasteiger partial charge in [-0.05, 0) is 95.2 Å². The molecule has 1 aliphatic carbocycles. The van der Waals surface area contributed by atoms with Crippen LogP contribution in [0.5, 0.6) is 0 Å². The average molecular weight is 677 g/mol. The smallest absolute Gasteiger partial charge is 0.435 e. The number of aromatic nitrogens is 6. The third kappa shape index (κ3) is 10.3. The molecule has 3 N–H and O–H groups in total. The number of nitrogens with one attached hydrogen (secondary N) is 3. The highest BCUT2D eigenvalue weighted by atomic mass is 16.7. The lowest BCUT2D eigenvalue weighted by atomic mass is 9.82. The number of tetrazole rings is 1. The van der Waals surface area contributed by atoms with Crippen LogP contribution in [0, 0.1) is 23.7 Å². The molecule has 0 spiro atoms. The van der Waals surface area contributed by atoms with Gasteiger partial charge in [0, 0.05) is 49.6 Å². The molecule has 3 aromatic rings. The summed E-state index contributed by atoms with van der Waals surface area (Å²) in [4.78, 5) is 22.3. The summed E-state index contributed by atoms with van der Waals surface area (Å²) in [5.74, 6) is 2.01. The van der Waals surface area contributed by atoms with Crippen LogP contribution >= 0.6 is 0 Å². The molecule has 0 bridgehead atoms. The predicted molar refractivity (Wildman–Crippen MR) is 181 cm³/mol. The van der Waals surface area contributed by atoms with Gasteiger partial charge < -0.3 is 34.9 Å². The number of carbonyl (C=O) groups excluding carboxylic acids is 1. The largest absolute Gasteiger partial charge is 0.510 e. The highest BCUT2D eigenvalue weighted by Crippen LogP contribution is 2.31. The van der Waals surface area contributed by atoms with Gasteiger partial charge in [-0.1, -0.05) is 6.07 Å². The zero-order valence-corrected chi connectivity index (χ0v) is 28.9. The van der Waals surface area contributed by atoms with Crippen LogP contribution in [0.3, 0.4) is 0 Å². The molecule has 5 rings (SSSR count). The van der Waals surface area contributed by atoms with E-state index in [1.165, 1.54) is 4.80 Å². The number of anilines is 2. The molecule has 0 unspecified atom stereocenters. The first-order chi connectivity index (χ1) is 23.8. The molecule has 2 fully saturated rings. The third-order valence-electron chi connectivity index (χ3n) is 8.95. The van der Waals surface area contributed by atoms with Crippen molar-refractivity contribution in [2.75, 3.05) is 43.6 Å². The zero-order chi connectivity index (χ0) is 34.6. The molecular formula is C34H48N10O5. The molecule has 0 aromatic carbocycles. The fourth-order valence-electron chi connectivity index (χ4n) is 6.11. The quantitative estimate of drug-likeness (QED) is 0.187. The van der Waals surface area contributed by atoms with E-state index in [-0.39, 0.29) is 19.3 Å². The SMILES string of the molecule is CCOC(=O)O[C@@H](C)n1nnc(COC[C@@H](C)N[C@H]2CC[C@H](Nc3cc(-c4cccc(NCC5(C#N)CCOCC5)n4)c(C)cn3)CC2)n1. The fraction of sp³-hybridized carbons (Fsp3) is 0.618. The molecule has 2 atom stereocenters. The predicted octanol–water partition coefficient (Wildman–Crippen LogP) is 4.78. The summed E-state index contributed by atoms with van der Waals surface area (Å²) in [6.07, 6.45) is 5.97. The van der Waals surface area contributed by atoms with Crippen molar-refractivity contribution in [3.63, 3.8) is 0 Å². The van der Waals surface area contributed by atoms with Crippen LogP contribution in [0.15, 0.2) is 30.5 Å². The second-order valence-electron chi connectivity index (χ2n) is 12.9. The van der Waals surface area contributed by atoms with Gasteiger partial charge in [-0.15, -0.1) is 15.0 Å². The number of hydrogen-bond donors (Lipinski definition) is 3. The Morgan fingerprint density at radius 3 is 2.69 bits per heavy atom. The maximum absolute atomic E-state index is 11.5. The first kappa shape index (κ1) is 35.9. The summed E-state index contributed by atoms with van der Waals surface area (Å²) in [5, 5.41) is 32.7. The molecule has 15 nitrogen and oxygen atoms in total. The van der Waals surface area contributed by atoms with E-state index in [0.29, 0.717) is 44.3 Å². The molecule has 1 saturated carbocycles. The van der Waals surface area contributed by atoms with E-state index in [4.69, 9.17) is 23.9 Å². The van der Waals surface area contributed by atoms with E-state index < -0.39 is 17.8 Å². The van der Waals surface area contributed by atoms with Crippen molar-refractivity contribution in [2.45, 2.75) is 97.2 Å². The Bertz CT molecular complexity index is 1550.